The van der Waals surface area contributed by atoms with E-state index in [0.717, 1.165) is 42.9 Å². The van der Waals surface area contributed by atoms with Crippen LogP contribution in [0.1, 0.15) is 34.9 Å². The Morgan fingerprint density at radius 2 is 1.93 bits per heavy atom. The van der Waals surface area contributed by atoms with Gasteiger partial charge in [0.1, 0.15) is 5.75 Å². The number of carbonyl (C=O) groups excluding carboxylic acids is 1. The number of hydrogen-bond acceptors (Lipinski definition) is 5. The van der Waals surface area contributed by atoms with Crippen molar-refractivity contribution in [2.75, 3.05) is 26.7 Å². The summed E-state index contributed by atoms with van der Waals surface area (Å²) in [6.45, 7) is 2.40. The zero-order chi connectivity index (χ0) is 20.9. The molecule has 4 rings (SSSR count). The average Bonchev–Trinajstić information content (AvgIpc) is 3.45. The molecule has 0 radical (unpaired) electrons. The van der Waals surface area contributed by atoms with E-state index in [0.29, 0.717) is 6.54 Å². The molecule has 1 aliphatic heterocycles. The van der Waals surface area contributed by atoms with Crippen LogP contribution in [0.2, 0.25) is 0 Å². The fourth-order valence-electron chi connectivity index (χ4n) is 3.87. The summed E-state index contributed by atoms with van der Waals surface area (Å²) in [4.78, 5) is 15.2. The fourth-order valence-corrected chi connectivity index (χ4v) is 3.87. The van der Waals surface area contributed by atoms with Crippen molar-refractivity contribution in [3.63, 3.8) is 0 Å². The molecule has 0 aliphatic carbocycles. The highest BCUT2D eigenvalue weighted by atomic mass is 16.5. The molecule has 7 heteroatoms. The van der Waals surface area contributed by atoms with Gasteiger partial charge in [-0.2, -0.15) is 5.10 Å². The number of aromatic nitrogens is 2. The normalized spacial score (nSPS) is 15.1. The minimum Gasteiger partial charge on any atom is -0.504 e. The lowest BCUT2D eigenvalue weighted by Gasteiger charge is -2.28. The van der Waals surface area contributed by atoms with Crippen LogP contribution >= 0.6 is 0 Å². The van der Waals surface area contributed by atoms with Crippen LogP contribution in [0.3, 0.4) is 0 Å². The Balaban J connectivity index is 1.51. The summed E-state index contributed by atoms with van der Waals surface area (Å²) in [6.07, 6.45) is 3.75. The number of ether oxygens (including phenoxy) is 1. The van der Waals surface area contributed by atoms with Gasteiger partial charge in [0, 0.05) is 6.54 Å². The van der Waals surface area contributed by atoms with E-state index in [9.17, 15) is 9.90 Å². The number of aromatic hydroxyl groups is 1. The Morgan fingerprint density at radius 1 is 1.17 bits per heavy atom. The number of hydrogen-bond donors (Lipinski definition) is 2. The van der Waals surface area contributed by atoms with Crippen molar-refractivity contribution < 1.29 is 14.6 Å². The molecule has 2 N–H and O–H groups in total. The molecular weight excluding hydrogens is 380 g/mol. The van der Waals surface area contributed by atoms with Gasteiger partial charge in [-0.05, 0) is 55.8 Å². The Bertz CT molecular complexity index is 997. The molecule has 3 aromatic rings. The van der Waals surface area contributed by atoms with Crippen LogP contribution in [0.15, 0.2) is 60.8 Å². The van der Waals surface area contributed by atoms with E-state index in [2.05, 4.69) is 21.4 Å². The number of para-hydroxylation sites is 1. The van der Waals surface area contributed by atoms with Crippen molar-refractivity contribution in [2.24, 2.45) is 0 Å². The number of nitrogens with one attached hydrogen (secondary N) is 1. The van der Waals surface area contributed by atoms with Crippen molar-refractivity contribution in [2.45, 2.75) is 18.9 Å². The first-order valence-electron chi connectivity index (χ1n) is 10.2. The lowest BCUT2D eigenvalue weighted by atomic mass is 10.0. The predicted molar refractivity (Wildman–Crippen MR) is 114 cm³/mol. The SMILES string of the molecule is COc1cccc(C(CNC(=O)c2nn(-c3ccccc3)cc2O)N2CCCC2)c1. The smallest absolute Gasteiger partial charge is 0.275 e. The van der Waals surface area contributed by atoms with Gasteiger partial charge in [-0.15, -0.1) is 0 Å². The number of carbonyl (C=O) groups is 1. The highest BCUT2D eigenvalue weighted by Gasteiger charge is 2.25. The minimum absolute atomic E-state index is 0.0182. The highest BCUT2D eigenvalue weighted by molar-refractivity contribution is 5.94. The summed E-state index contributed by atoms with van der Waals surface area (Å²) >= 11 is 0. The largest absolute Gasteiger partial charge is 0.504 e. The summed E-state index contributed by atoms with van der Waals surface area (Å²) < 4.78 is 6.88. The van der Waals surface area contributed by atoms with Gasteiger partial charge in [0.25, 0.3) is 5.91 Å². The van der Waals surface area contributed by atoms with Gasteiger partial charge in [-0.1, -0.05) is 30.3 Å². The second-order valence-electron chi connectivity index (χ2n) is 7.39. The number of methoxy groups -OCH3 is 1. The molecule has 0 saturated carbocycles. The van der Waals surface area contributed by atoms with Crippen molar-refractivity contribution >= 4 is 5.91 Å². The van der Waals surface area contributed by atoms with Crippen LogP contribution in [-0.2, 0) is 0 Å². The second-order valence-corrected chi connectivity index (χ2v) is 7.39. The second kappa shape index (κ2) is 9.00. The van der Waals surface area contributed by atoms with Crippen molar-refractivity contribution in [3.8, 4) is 17.2 Å². The van der Waals surface area contributed by atoms with Gasteiger partial charge in [0.2, 0.25) is 0 Å². The van der Waals surface area contributed by atoms with Gasteiger partial charge < -0.3 is 15.2 Å². The van der Waals surface area contributed by atoms with Gasteiger partial charge in [-0.3, -0.25) is 9.69 Å². The van der Waals surface area contributed by atoms with Crippen LogP contribution in [0, 0.1) is 0 Å². The van der Waals surface area contributed by atoms with Crippen molar-refractivity contribution in [3.05, 3.63) is 72.1 Å². The number of amides is 1. The van der Waals surface area contributed by atoms with Gasteiger partial charge in [0.05, 0.1) is 25.0 Å². The number of benzene rings is 2. The fraction of sp³-hybridized carbons (Fsp3) is 0.304. The molecule has 1 aromatic heterocycles. The molecule has 1 aliphatic rings. The Hall–Kier alpha value is -3.32. The molecule has 1 atom stereocenters. The van der Waals surface area contributed by atoms with Gasteiger partial charge >= 0.3 is 0 Å². The number of nitrogens with zero attached hydrogens (tertiary/aromatic N) is 3. The standard InChI is InChI=1S/C23H26N4O3/c1-30-19-11-7-8-17(14-19)20(26-12-5-6-13-26)15-24-23(29)22-21(28)16-27(25-22)18-9-3-2-4-10-18/h2-4,7-11,14,16,20,28H,5-6,12-13,15H2,1H3,(H,24,29). The Morgan fingerprint density at radius 3 is 2.67 bits per heavy atom. The van der Waals surface area contributed by atoms with Crippen LogP contribution in [0.25, 0.3) is 5.69 Å². The Kier molecular flexibility index (Phi) is 5.99. The maximum Gasteiger partial charge on any atom is 0.275 e. The molecule has 156 valence electrons. The van der Waals surface area contributed by atoms with E-state index in [1.54, 1.807) is 7.11 Å². The first-order valence-corrected chi connectivity index (χ1v) is 10.2. The predicted octanol–water partition coefficient (Wildman–Crippen LogP) is 3.15. The molecule has 1 unspecified atom stereocenters. The zero-order valence-electron chi connectivity index (χ0n) is 17.0. The maximum absolute atomic E-state index is 12.8. The topological polar surface area (TPSA) is 79.6 Å². The first-order chi connectivity index (χ1) is 14.7. The van der Waals surface area contributed by atoms with Crippen LogP contribution < -0.4 is 10.1 Å². The lowest BCUT2D eigenvalue weighted by Crippen LogP contribution is -2.37. The number of rotatable bonds is 7. The summed E-state index contributed by atoms with van der Waals surface area (Å²) in [5.74, 6) is 0.256. The lowest BCUT2D eigenvalue weighted by molar-refractivity contribution is 0.0930. The molecule has 1 amide bonds. The summed E-state index contributed by atoms with van der Waals surface area (Å²) in [7, 11) is 1.65. The molecule has 1 fully saturated rings. The van der Waals surface area contributed by atoms with Crippen LogP contribution in [0.5, 0.6) is 11.5 Å². The number of likely N-dealkylation sites (tertiary alicyclic amines) is 1. The monoisotopic (exact) mass is 406 g/mol. The van der Waals surface area contributed by atoms with Crippen LogP contribution in [-0.4, -0.2) is 52.4 Å². The summed E-state index contributed by atoms with van der Waals surface area (Å²) in [6, 6.07) is 17.4. The molecule has 30 heavy (non-hydrogen) atoms. The summed E-state index contributed by atoms with van der Waals surface area (Å²) in [5.41, 5.74) is 1.89. The molecule has 2 aromatic carbocycles. The summed E-state index contributed by atoms with van der Waals surface area (Å²) in [5, 5.41) is 17.5. The minimum atomic E-state index is -0.394. The van der Waals surface area contributed by atoms with E-state index in [4.69, 9.17) is 4.74 Å². The van der Waals surface area contributed by atoms with E-state index in [1.807, 2.05) is 48.5 Å². The third-order valence-corrected chi connectivity index (χ3v) is 5.45. The quantitative estimate of drug-likeness (QED) is 0.630. The molecule has 0 spiro atoms. The maximum atomic E-state index is 12.8. The Labute approximate surface area is 175 Å². The van der Waals surface area contributed by atoms with Crippen molar-refractivity contribution in [1.82, 2.24) is 20.0 Å². The highest BCUT2D eigenvalue weighted by Crippen LogP contribution is 2.27. The molecule has 1 saturated heterocycles. The molecule has 0 bridgehead atoms. The first kappa shape index (κ1) is 20.0. The molecule has 7 nitrogen and oxygen atoms in total. The molecule has 2 heterocycles. The van der Waals surface area contributed by atoms with Crippen molar-refractivity contribution in [1.29, 1.82) is 0 Å². The third-order valence-electron chi connectivity index (χ3n) is 5.45. The van der Waals surface area contributed by atoms with E-state index < -0.39 is 5.91 Å². The van der Waals surface area contributed by atoms with Gasteiger partial charge in [-0.25, -0.2) is 4.68 Å². The van der Waals surface area contributed by atoms with E-state index in [-0.39, 0.29) is 17.5 Å². The van der Waals surface area contributed by atoms with Gasteiger partial charge in [0.15, 0.2) is 11.4 Å². The average molecular weight is 406 g/mol. The van der Waals surface area contributed by atoms with Crippen LogP contribution in [0.4, 0.5) is 0 Å². The third kappa shape index (κ3) is 4.31. The van der Waals surface area contributed by atoms with E-state index >= 15 is 0 Å². The zero-order valence-corrected chi connectivity index (χ0v) is 17.0. The van der Waals surface area contributed by atoms with E-state index in [1.165, 1.54) is 10.9 Å². The molecular formula is C23H26N4O3.